The quantitative estimate of drug-likeness (QED) is 0.181. The summed E-state index contributed by atoms with van der Waals surface area (Å²) in [6, 6.07) is 64.0. The van der Waals surface area contributed by atoms with E-state index in [4.69, 9.17) is 4.74 Å². The van der Waals surface area contributed by atoms with Crippen LogP contribution in [0.2, 0.25) is 0 Å². The van der Waals surface area contributed by atoms with Gasteiger partial charge < -0.3 is 9.64 Å². The number of fused-ring (bicyclic) bond motifs is 8. The smallest absolute Gasteiger partial charge is 0.127 e. The molecule has 0 spiro atoms. The molecule has 52 heavy (non-hydrogen) atoms. The van der Waals surface area contributed by atoms with Crippen LogP contribution in [0.1, 0.15) is 30.5 Å². The molecule has 0 bridgehead atoms. The van der Waals surface area contributed by atoms with E-state index in [1.165, 1.54) is 66.4 Å². The lowest BCUT2D eigenvalue weighted by atomic mass is 9.82. The van der Waals surface area contributed by atoms with Crippen molar-refractivity contribution in [2.45, 2.75) is 25.9 Å². The van der Waals surface area contributed by atoms with Crippen LogP contribution in [0.4, 0.5) is 17.1 Å². The fourth-order valence-corrected chi connectivity index (χ4v) is 8.45. The fourth-order valence-electron chi connectivity index (χ4n) is 8.45. The highest BCUT2D eigenvalue weighted by Crippen LogP contribution is 2.51. The van der Waals surface area contributed by atoms with Crippen molar-refractivity contribution < 1.29 is 4.74 Å². The van der Waals surface area contributed by atoms with Gasteiger partial charge in [-0.1, -0.05) is 141 Å². The van der Waals surface area contributed by atoms with Gasteiger partial charge in [-0.2, -0.15) is 0 Å². The highest BCUT2D eigenvalue weighted by molar-refractivity contribution is 5.94. The summed E-state index contributed by atoms with van der Waals surface area (Å²) in [6.45, 7) is 5.28. The number of hydrogen-bond donors (Lipinski definition) is 0. The highest BCUT2D eigenvalue weighted by Gasteiger charge is 2.35. The highest BCUT2D eigenvalue weighted by atomic mass is 16.5. The summed E-state index contributed by atoms with van der Waals surface area (Å²) in [5.41, 5.74) is 17.1. The monoisotopic (exact) mass is 667 g/mol. The van der Waals surface area contributed by atoms with Crippen molar-refractivity contribution in [2.75, 3.05) is 4.90 Å². The topological polar surface area (TPSA) is 12.5 Å². The van der Waals surface area contributed by atoms with Crippen molar-refractivity contribution in [3.05, 3.63) is 193 Å². The van der Waals surface area contributed by atoms with E-state index in [-0.39, 0.29) is 5.41 Å². The molecule has 2 heteroatoms. The molecular weight excluding hydrogens is 631 g/mol. The Hall–Kier alpha value is -6.38. The lowest BCUT2D eigenvalue weighted by Gasteiger charge is -2.28. The van der Waals surface area contributed by atoms with Crippen LogP contribution in [0.25, 0.3) is 55.3 Å². The first kappa shape index (κ1) is 30.4. The van der Waals surface area contributed by atoms with Gasteiger partial charge in [-0.15, -0.1) is 0 Å². The van der Waals surface area contributed by atoms with E-state index in [0.717, 1.165) is 28.4 Å². The van der Waals surface area contributed by atoms with E-state index < -0.39 is 0 Å². The third-order valence-electron chi connectivity index (χ3n) is 11.2. The second-order valence-electron chi connectivity index (χ2n) is 14.5. The molecule has 0 aromatic heterocycles. The van der Waals surface area contributed by atoms with Crippen molar-refractivity contribution in [2.24, 2.45) is 0 Å². The third kappa shape index (κ3) is 4.86. The number of nitrogens with zero attached hydrogens (tertiary/aromatic N) is 1. The summed E-state index contributed by atoms with van der Waals surface area (Å²) in [4.78, 5) is 2.39. The van der Waals surface area contributed by atoms with E-state index in [1.807, 2.05) is 0 Å². The molecular formula is C50H37NO. The lowest BCUT2D eigenvalue weighted by Crippen LogP contribution is -2.16. The summed E-state index contributed by atoms with van der Waals surface area (Å²) in [5, 5.41) is 2.51. The summed E-state index contributed by atoms with van der Waals surface area (Å²) in [6.07, 6.45) is 0. The van der Waals surface area contributed by atoms with Gasteiger partial charge in [0.2, 0.25) is 0 Å². The van der Waals surface area contributed by atoms with Crippen molar-refractivity contribution in [1.82, 2.24) is 0 Å². The largest absolute Gasteiger partial charge is 0.488 e. The molecule has 8 aromatic rings. The number of rotatable bonds is 5. The molecule has 248 valence electrons. The predicted molar refractivity (Wildman–Crippen MR) is 217 cm³/mol. The molecule has 0 atom stereocenters. The van der Waals surface area contributed by atoms with Gasteiger partial charge in [0, 0.05) is 33.6 Å². The first-order chi connectivity index (χ1) is 25.5. The van der Waals surface area contributed by atoms with Crippen LogP contribution in [0, 0.1) is 0 Å². The second-order valence-corrected chi connectivity index (χ2v) is 14.5. The zero-order valence-electron chi connectivity index (χ0n) is 29.3. The lowest BCUT2D eigenvalue weighted by molar-refractivity contribution is 0.304. The molecule has 0 N–H and O–H groups in total. The zero-order chi connectivity index (χ0) is 34.8. The van der Waals surface area contributed by atoms with Gasteiger partial charge in [0.15, 0.2) is 0 Å². The summed E-state index contributed by atoms with van der Waals surface area (Å²) < 4.78 is 6.29. The molecule has 1 heterocycles. The summed E-state index contributed by atoms with van der Waals surface area (Å²) >= 11 is 0. The van der Waals surface area contributed by atoms with E-state index in [0.29, 0.717) is 6.61 Å². The molecule has 10 rings (SSSR count). The van der Waals surface area contributed by atoms with Crippen LogP contribution in [0.5, 0.6) is 5.75 Å². The summed E-state index contributed by atoms with van der Waals surface area (Å²) in [5.74, 6) is 0.940. The molecule has 1 aliphatic heterocycles. The molecule has 0 amide bonds. The van der Waals surface area contributed by atoms with Crippen LogP contribution in [-0.2, 0) is 12.0 Å². The first-order valence-corrected chi connectivity index (χ1v) is 18.1. The molecule has 2 aliphatic rings. The Labute approximate surface area is 305 Å². The van der Waals surface area contributed by atoms with Crippen LogP contribution < -0.4 is 9.64 Å². The molecule has 2 nitrogen and oxygen atoms in total. The number of hydrogen-bond acceptors (Lipinski definition) is 2. The average molecular weight is 668 g/mol. The number of anilines is 3. The molecule has 8 aromatic carbocycles. The SMILES string of the molecule is CC1(C)c2ccccc2-c2ccc(N(c3ccc(-c4ccccc4)cc3)c3ccc(-c4ccc5c(c4)-c4ccc6ccccc6c4CO5)cc3)cc21. The van der Waals surface area contributed by atoms with Crippen molar-refractivity contribution in [3.8, 4) is 50.3 Å². The van der Waals surface area contributed by atoms with Gasteiger partial charge >= 0.3 is 0 Å². The number of ether oxygens (including phenoxy) is 1. The third-order valence-corrected chi connectivity index (χ3v) is 11.2. The molecule has 0 fully saturated rings. The minimum absolute atomic E-state index is 0.0876. The van der Waals surface area contributed by atoms with E-state index >= 15 is 0 Å². The van der Waals surface area contributed by atoms with Crippen LogP contribution in [0.3, 0.4) is 0 Å². The van der Waals surface area contributed by atoms with Gasteiger partial charge in [-0.05, 0) is 109 Å². The Morgan fingerprint density at radius 1 is 0.442 bits per heavy atom. The maximum atomic E-state index is 6.29. The fraction of sp³-hybridized carbons (Fsp3) is 0.0800. The molecule has 1 aliphatic carbocycles. The predicted octanol–water partition coefficient (Wildman–Crippen LogP) is 13.5. The Bertz CT molecular complexity index is 2640. The molecule has 0 saturated carbocycles. The minimum atomic E-state index is -0.0876. The van der Waals surface area contributed by atoms with Gasteiger partial charge in [0.25, 0.3) is 0 Å². The van der Waals surface area contributed by atoms with Crippen LogP contribution in [-0.4, -0.2) is 0 Å². The van der Waals surface area contributed by atoms with Crippen LogP contribution in [0.15, 0.2) is 176 Å². The van der Waals surface area contributed by atoms with Crippen molar-refractivity contribution >= 4 is 27.8 Å². The Balaban J connectivity index is 1.05. The van der Waals surface area contributed by atoms with E-state index in [9.17, 15) is 0 Å². The van der Waals surface area contributed by atoms with Crippen molar-refractivity contribution in [1.29, 1.82) is 0 Å². The zero-order valence-corrected chi connectivity index (χ0v) is 29.3. The van der Waals surface area contributed by atoms with Gasteiger partial charge in [0.1, 0.15) is 12.4 Å². The van der Waals surface area contributed by atoms with Crippen molar-refractivity contribution in [3.63, 3.8) is 0 Å². The maximum Gasteiger partial charge on any atom is 0.127 e. The Morgan fingerprint density at radius 2 is 1.04 bits per heavy atom. The normalized spacial score (nSPS) is 13.4. The summed E-state index contributed by atoms with van der Waals surface area (Å²) in [7, 11) is 0. The second kappa shape index (κ2) is 11.9. The van der Waals surface area contributed by atoms with Gasteiger partial charge in [-0.3, -0.25) is 0 Å². The van der Waals surface area contributed by atoms with Gasteiger partial charge in [-0.25, -0.2) is 0 Å². The minimum Gasteiger partial charge on any atom is -0.488 e. The number of benzene rings is 8. The van der Waals surface area contributed by atoms with Gasteiger partial charge in [0.05, 0.1) is 0 Å². The first-order valence-electron chi connectivity index (χ1n) is 18.1. The molecule has 0 unspecified atom stereocenters. The maximum absolute atomic E-state index is 6.29. The molecule has 0 saturated heterocycles. The standard InChI is InChI=1S/C50H37NO/c1-50(2)47-15-9-8-14-43(47)44-28-26-40(31-48(44)50)51(38-22-16-34(17-23-38)33-10-4-3-5-11-33)39-24-18-35(19-25-39)37-21-29-49-45(30-37)42-27-20-36-12-6-7-13-41(36)46(42)32-52-49/h3-31H,32H2,1-2H3. The average Bonchev–Trinajstić information content (AvgIpc) is 3.44. The molecule has 0 radical (unpaired) electrons. The Morgan fingerprint density at radius 3 is 1.83 bits per heavy atom. The Kier molecular flexibility index (Phi) is 6.94. The van der Waals surface area contributed by atoms with E-state index in [2.05, 4.69) is 195 Å². The van der Waals surface area contributed by atoms with E-state index in [1.54, 1.807) is 0 Å². The van der Waals surface area contributed by atoms with Crippen LogP contribution >= 0.6 is 0 Å².